The van der Waals surface area contributed by atoms with Gasteiger partial charge in [0.05, 0.1) is 6.61 Å². The highest BCUT2D eigenvalue weighted by Gasteiger charge is 2.18. The van der Waals surface area contributed by atoms with E-state index in [1.807, 2.05) is 13.8 Å². The summed E-state index contributed by atoms with van der Waals surface area (Å²) in [6.45, 7) is 3.74. The van der Waals surface area contributed by atoms with Crippen LogP contribution in [0.4, 0.5) is 0 Å². The minimum atomic E-state index is -0.346. The zero-order valence-corrected chi connectivity index (χ0v) is 11.6. The average Bonchev–Trinajstić information content (AvgIpc) is 2.73. The lowest BCUT2D eigenvalue weighted by Gasteiger charge is -2.25. The number of hydrogen-bond donors (Lipinski definition) is 1. The summed E-state index contributed by atoms with van der Waals surface area (Å²) in [7, 11) is 0. The van der Waals surface area contributed by atoms with E-state index in [1.54, 1.807) is 24.4 Å². The second-order valence-corrected chi connectivity index (χ2v) is 4.77. The molecule has 1 amide bonds. The fourth-order valence-electron chi connectivity index (χ4n) is 2.07. The van der Waals surface area contributed by atoms with Gasteiger partial charge >= 0.3 is 5.69 Å². The van der Waals surface area contributed by atoms with Gasteiger partial charge in [-0.3, -0.25) is 9.20 Å². The molecule has 0 aromatic carbocycles. The van der Waals surface area contributed by atoms with Gasteiger partial charge in [0, 0.05) is 18.8 Å². The van der Waals surface area contributed by atoms with E-state index < -0.39 is 0 Å². The Morgan fingerprint density at radius 3 is 2.80 bits per heavy atom. The van der Waals surface area contributed by atoms with Crippen molar-refractivity contribution in [2.45, 2.75) is 26.4 Å². The Morgan fingerprint density at radius 1 is 1.45 bits per heavy atom. The van der Waals surface area contributed by atoms with Crippen molar-refractivity contribution in [3.05, 3.63) is 34.9 Å². The fourth-order valence-corrected chi connectivity index (χ4v) is 2.07. The maximum Gasteiger partial charge on any atom is 0.350 e. The van der Waals surface area contributed by atoms with Gasteiger partial charge in [-0.25, -0.2) is 9.48 Å². The molecular formula is C13H18N4O3. The molecule has 1 N–H and O–H groups in total. The first-order valence-corrected chi connectivity index (χ1v) is 6.49. The highest BCUT2D eigenvalue weighted by Crippen LogP contribution is 2.01. The van der Waals surface area contributed by atoms with E-state index >= 15 is 0 Å². The Hall–Kier alpha value is -2.15. The molecule has 0 saturated heterocycles. The lowest BCUT2D eigenvalue weighted by molar-refractivity contribution is -0.134. The third-order valence-corrected chi connectivity index (χ3v) is 3.06. The molecule has 2 aromatic rings. The molecule has 2 aromatic heterocycles. The first-order valence-electron chi connectivity index (χ1n) is 6.49. The van der Waals surface area contributed by atoms with Crippen molar-refractivity contribution in [3.8, 4) is 0 Å². The molecule has 7 heteroatoms. The highest BCUT2D eigenvalue weighted by atomic mass is 16.3. The van der Waals surface area contributed by atoms with Gasteiger partial charge in [0.1, 0.15) is 6.54 Å². The Morgan fingerprint density at radius 2 is 2.20 bits per heavy atom. The molecule has 0 aliphatic heterocycles. The zero-order valence-electron chi connectivity index (χ0n) is 11.6. The molecule has 0 bridgehead atoms. The summed E-state index contributed by atoms with van der Waals surface area (Å²) in [4.78, 5) is 25.8. The van der Waals surface area contributed by atoms with Crippen molar-refractivity contribution >= 4 is 11.6 Å². The highest BCUT2D eigenvalue weighted by molar-refractivity contribution is 5.76. The van der Waals surface area contributed by atoms with E-state index in [0.717, 1.165) is 4.68 Å². The number of carbonyl (C=O) groups excluding carboxylic acids is 1. The molecule has 0 aliphatic rings. The van der Waals surface area contributed by atoms with Crippen molar-refractivity contribution in [3.63, 3.8) is 0 Å². The lowest BCUT2D eigenvalue weighted by atomic mass is 10.3. The molecule has 0 saturated carbocycles. The Balaban J connectivity index is 2.25. The Labute approximate surface area is 116 Å². The van der Waals surface area contributed by atoms with E-state index in [9.17, 15) is 9.59 Å². The SMILES string of the molecule is CC(C)N(CCO)C(=O)Cn1nc2ccccn2c1=O. The molecular weight excluding hydrogens is 260 g/mol. The maximum absolute atomic E-state index is 12.2. The lowest BCUT2D eigenvalue weighted by Crippen LogP contribution is -2.42. The summed E-state index contributed by atoms with van der Waals surface area (Å²) in [5, 5.41) is 13.1. The molecule has 0 unspecified atom stereocenters. The van der Waals surface area contributed by atoms with Crippen molar-refractivity contribution in [1.82, 2.24) is 19.1 Å². The van der Waals surface area contributed by atoms with Gasteiger partial charge < -0.3 is 10.0 Å². The number of hydrogen-bond acceptors (Lipinski definition) is 4. The topological polar surface area (TPSA) is 79.8 Å². The summed E-state index contributed by atoms with van der Waals surface area (Å²) >= 11 is 0. The van der Waals surface area contributed by atoms with Gasteiger partial charge in [-0.2, -0.15) is 0 Å². The molecule has 108 valence electrons. The normalized spacial score (nSPS) is 11.2. The summed E-state index contributed by atoms with van der Waals surface area (Å²) in [6, 6.07) is 5.17. The number of aliphatic hydroxyl groups is 1. The minimum Gasteiger partial charge on any atom is -0.395 e. The summed E-state index contributed by atoms with van der Waals surface area (Å²) in [5.74, 6) is -0.237. The number of aromatic nitrogens is 3. The fraction of sp³-hybridized carbons (Fsp3) is 0.462. The van der Waals surface area contributed by atoms with Crippen LogP contribution >= 0.6 is 0 Å². The van der Waals surface area contributed by atoms with Crippen LogP contribution < -0.4 is 5.69 Å². The number of pyridine rings is 1. The van der Waals surface area contributed by atoms with Gasteiger partial charge in [0.15, 0.2) is 5.65 Å². The van der Waals surface area contributed by atoms with Crippen molar-refractivity contribution in [2.75, 3.05) is 13.2 Å². The van der Waals surface area contributed by atoms with Crippen LogP contribution in [0, 0.1) is 0 Å². The van der Waals surface area contributed by atoms with Gasteiger partial charge in [0.2, 0.25) is 5.91 Å². The number of nitrogens with zero attached hydrogens (tertiary/aromatic N) is 4. The largest absolute Gasteiger partial charge is 0.395 e. The van der Waals surface area contributed by atoms with Crippen LogP contribution in [0.5, 0.6) is 0 Å². The number of carbonyl (C=O) groups is 1. The second kappa shape index (κ2) is 5.87. The average molecular weight is 278 g/mol. The van der Waals surface area contributed by atoms with E-state index in [-0.39, 0.29) is 37.3 Å². The van der Waals surface area contributed by atoms with Crippen LogP contribution in [0.15, 0.2) is 29.2 Å². The van der Waals surface area contributed by atoms with Gasteiger partial charge in [0.25, 0.3) is 0 Å². The summed E-state index contributed by atoms with van der Waals surface area (Å²) in [6.07, 6.45) is 1.61. The number of fused-ring (bicyclic) bond motifs is 1. The number of rotatable bonds is 5. The van der Waals surface area contributed by atoms with E-state index in [0.29, 0.717) is 5.65 Å². The molecule has 0 fully saturated rings. The Bertz CT molecular complexity index is 659. The first kappa shape index (κ1) is 14.3. The smallest absolute Gasteiger partial charge is 0.350 e. The first-order chi connectivity index (χ1) is 9.54. The van der Waals surface area contributed by atoms with Gasteiger partial charge in [-0.05, 0) is 26.0 Å². The maximum atomic E-state index is 12.2. The molecule has 0 aliphatic carbocycles. The van der Waals surface area contributed by atoms with Crippen LogP contribution in [-0.4, -0.2) is 49.3 Å². The quantitative estimate of drug-likeness (QED) is 0.816. The standard InChI is InChI=1S/C13H18N4O3/c1-10(2)15(7-8-18)12(19)9-17-13(20)16-6-4-3-5-11(16)14-17/h3-6,10,18H,7-9H2,1-2H3. The minimum absolute atomic E-state index is 0.0395. The molecule has 0 spiro atoms. The van der Waals surface area contributed by atoms with Crippen molar-refractivity contribution in [1.29, 1.82) is 0 Å². The van der Waals surface area contributed by atoms with E-state index in [1.165, 1.54) is 9.30 Å². The molecule has 0 atom stereocenters. The van der Waals surface area contributed by atoms with E-state index in [2.05, 4.69) is 5.10 Å². The molecule has 0 radical (unpaired) electrons. The van der Waals surface area contributed by atoms with Crippen LogP contribution in [0.1, 0.15) is 13.8 Å². The third-order valence-electron chi connectivity index (χ3n) is 3.06. The monoisotopic (exact) mass is 278 g/mol. The predicted molar refractivity (Wildman–Crippen MR) is 73.4 cm³/mol. The molecule has 2 rings (SSSR count). The number of amides is 1. The summed E-state index contributed by atoms with van der Waals surface area (Å²) < 4.78 is 2.53. The van der Waals surface area contributed by atoms with E-state index in [4.69, 9.17) is 5.11 Å². The zero-order chi connectivity index (χ0) is 14.7. The van der Waals surface area contributed by atoms with Crippen LogP contribution in [-0.2, 0) is 11.3 Å². The van der Waals surface area contributed by atoms with Crippen molar-refractivity contribution < 1.29 is 9.90 Å². The molecule has 7 nitrogen and oxygen atoms in total. The second-order valence-electron chi connectivity index (χ2n) is 4.77. The molecule has 20 heavy (non-hydrogen) atoms. The molecule has 2 heterocycles. The Kier molecular flexibility index (Phi) is 4.19. The third kappa shape index (κ3) is 2.72. The van der Waals surface area contributed by atoms with Crippen LogP contribution in [0.25, 0.3) is 5.65 Å². The predicted octanol–water partition coefficient (Wildman–Crippen LogP) is -0.275. The summed E-state index contributed by atoms with van der Waals surface area (Å²) in [5.41, 5.74) is 0.158. The van der Waals surface area contributed by atoms with Gasteiger partial charge in [-0.15, -0.1) is 5.10 Å². The number of aliphatic hydroxyl groups excluding tert-OH is 1. The van der Waals surface area contributed by atoms with Crippen LogP contribution in [0.2, 0.25) is 0 Å². The van der Waals surface area contributed by atoms with Crippen LogP contribution in [0.3, 0.4) is 0 Å². The van der Waals surface area contributed by atoms with Crippen molar-refractivity contribution in [2.24, 2.45) is 0 Å². The van der Waals surface area contributed by atoms with Gasteiger partial charge in [-0.1, -0.05) is 6.07 Å².